The fourth-order valence-corrected chi connectivity index (χ4v) is 4.78. The number of phenolic OH excluding ortho intramolecular Hbond substituents is 1. The Morgan fingerprint density at radius 3 is 2.46 bits per heavy atom. The molecular weight excluding hydrogens is 488 g/mol. The number of thiocarbonyl (C=S) groups is 1. The fourth-order valence-electron chi connectivity index (χ4n) is 4.62. The average molecular weight is 517 g/mol. The maximum Gasteiger partial charge on any atom is 0.219 e. The van der Waals surface area contributed by atoms with E-state index in [0.29, 0.717) is 43.2 Å². The van der Waals surface area contributed by atoms with Gasteiger partial charge in [0.15, 0.2) is 5.11 Å². The van der Waals surface area contributed by atoms with Gasteiger partial charge in [-0.1, -0.05) is 18.2 Å². The van der Waals surface area contributed by atoms with Crippen LogP contribution < -0.4 is 20.2 Å². The number of rotatable bonds is 4. The van der Waals surface area contributed by atoms with Gasteiger partial charge in [0.05, 0.1) is 5.71 Å². The van der Waals surface area contributed by atoms with E-state index in [1.165, 1.54) is 0 Å². The molecule has 9 heteroatoms. The van der Waals surface area contributed by atoms with E-state index in [9.17, 15) is 9.90 Å². The van der Waals surface area contributed by atoms with Crippen LogP contribution in [-0.4, -0.2) is 45.4 Å². The Hall–Kier alpha value is -4.11. The molecule has 1 amide bonds. The number of carbonyl (C=O) groups is 1. The number of phenols is 1. The number of para-hydroxylation sites is 1. The predicted octanol–water partition coefficient (Wildman–Crippen LogP) is 5.04. The first-order valence-corrected chi connectivity index (χ1v) is 12.5. The van der Waals surface area contributed by atoms with Gasteiger partial charge in [-0.2, -0.15) is 5.10 Å². The number of hydrogen-bond donors (Lipinski definition) is 3. The molecule has 0 bridgehead atoms. The first kappa shape index (κ1) is 24.6. The minimum atomic E-state index is -0.458. The second kappa shape index (κ2) is 10.5. The SMILES string of the molecule is CC(=O)N1CCC2(CC1)CC(=NNC(=S)Nc1ccc(Oc3ccccc3)cc1)c1cc(O)ccc1O2. The van der Waals surface area contributed by atoms with Gasteiger partial charge in [0.2, 0.25) is 5.91 Å². The van der Waals surface area contributed by atoms with Gasteiger partial charge in [0, 0.05) is 50.5 Å². The van der Waals surface area contributed by atoms with E-state index in [1.807, 2.05) is 59.5 Å². The molecule has 0 aromatic heterocycles. The zero-order chi connectivity index (χ0) is 25.8. The number of aromatic hydroxyl groups is 1. The molecule has 5 rings (SSSR count). The highest BCUT2D eigenvalue weighted by atomic mass is 32.1. The predicted molar refractivity (Wildman–Crippen MR) is 146 cm³/mol. The second-order valence-corrected chi connectivity index (χ2v) is 9.62. The highest BCUT2D eigenvalue weighted by molar-refractivity contribution is 7.80. The number of amides is 1. The molecular formula is C28H28N4O4S. The number of benzene rings is 3. The maximum absolute atomic E-state index is 11.8. The van der Waals surface area contributed by atoms with Crippen LogP contribution in [0.1, 0.15) is 31.7 Å². The number of fused-ring (bicyclic) bond motifs is 1. The summed E-state index contributed by atoms with van der Waals surface area (Å²) in [4.78, 5) is 13.6. The highest BCUT2D eigenvalue weighted by Crippen LogP contribution is 2.40. The summed E-state index contributed by atoms with van der Waals surface area (Å²) < 4.78 is 12.2. The van der Waals surface area contributed by atoms with Crippen LogP contribution in [-0.2, 0) is 4.79 Å². The average Bonchev–Trinajstić information content (AvgIpc) is 2.90. The van der Waals surface area contributed by atoms with Crippen molar-refractivity contribution >= 4 is 34.6 Å². The van der Waals surface area contributed by atoms with E-state index in [-0.39, 0.29) is 11.7 Å². The zero-order valence-electron chi connectivity index (χ0n) is 20.4. The number of hydrazone groups is 1. The summed E-state index contributed by atoms with van der Waals surface area (Å²) in [7, 11) is 0. The Morgan fingerprint density at radius 1 is 1.05 bits per heavy atom. The standard InChI is InChI=1S/C28H28N4O4S/c1-19(33)32-15-13-28(14-16-32)18-25(24-17-21(34)9-12-26(24)36-28)30-31-27(37)29-20-7-10-23(11-8-20)35-22-5-3-2-4-6-22/h2-12,17,34H,13-16,18H2,1H3,(H2,29,31,37). The molecule has 3 aromatic carbocycles. The van der Waals surface area contributed by atoms with Crippen molar-refractivity contribution < 1.29 is 19.4 Å². The molecule has 1 saturated heterocycles. The molecule has 0 radical (unpaired) electrons. The lowest BCUT2D eigenvalue weighted by Crippen LogP contribution is -2.52. The molecule has 0 aliphatic carbocycles. The molecule has 0 atom stereocenters. The van der Waals surface area contributed by atoms with Crippen LogP contribution in [0.15, 0.2) is 77.9 Å². The molecule has 37 heavy (non-hydrogen) atoms. The number of nitrogens with zero attached hydrogens (tertiary/aromatic N) is 2. The number of anilines is 1. The lowest BCUT2D eigenvalue weighted by molar-refractivity contribution is -0.132. The van der Waals surface area contributed by atoms with Crippen molar-refractivity contribution in [2.45, 2.75) is 31.8 Å². The normalized spacial score (nSPS) is 17.0. The third kappa shape index (κ3) is 5.83. The quantitative estimate of drug-likeness (QED) is 0.330. The number of piperidine rings is 1. The van der Waals surface area contributed by atoms with E-state index in [4.69, 9.17) is 21.7 Å². The lowest BCUT2D eigenvalue weighted by atomic mass is 9.82. The molecule has 1 spiro atoms. The summed E-state index contributed by atoms with van der Waals surface area (Å²) in [6.45, 7) is 2.85. The van der Waals surface area contributed by atoms with Gasteiger partial charge in [-0.05, 0) is 66.8 Å². The molecule has 3 N–H and O–H groups in total. The van der Waals surface area contributed by atoms with Crippen molar-refractivity contribution in [1.82, 2.24) is 10.3 Å². The largest absolute Gasteiger partial charge is 0.508 e. The minimum Gasteiger partial charge on any atom is -0.508 e. The molecule has 8 nitrogen and oxygen atoms in total. The third-order valence-electron chi connectivity index (χ3n) is 6.59. The monoisotopic (exact) mass is 516 g/mol. The Morgan fingerprint density at radius 2 is 1.76 bits per heavy atom. The van der Waals surface area contributed by atoms with E-state index in [0.717, 1.165) is 28.5 Å². The first-order valence-electron chi connectivity index (χ1n) is 12.1. The van der Waals surface area contributed by atoms with Gasteiger partial charge < -0.3 is 24.8 Å². The Kier molecular flexibility index (Phi) is 6.96. The molecule has 190 valence electrons. The summed E-state index contributed by atoms with van der Waals surface area (Å²) in [5.74, 6) is 2.35. The third-order valence-corrected chi connectivity index (χ3v) is 6.79. The molecule has 1 fully saturated rings. The molecule has 2 aliphatic heterocycles. The summed E-state index contributed by atoms with van der Waals surface area (Å²) in [6, 6.07) is 22.1. The summed E-state index contributed by atoms with van der Waals surface area (Å²) in [6.07, 6.45) is 1.94. The molecule has 0 saturated carbocycles. The number of likely N-dealkylation sites (tertiary alicyclic amines) is 1. The van der Waals surface area contributed by atoms with Crippen LogP contribution in [0.2, 0.25) is 0 Å². The van der Waals surface area contributed by atoms with Crippen LogP contribution in [0.4, 0.5) is 5.69 Å². The van der Waals surface area contributed by atoms with Gasteiger partial charge in [-0.25, -0.2) is 0 Å². The number of ether oxygens (including phenoxy) is 2. The van der Waals surface area contributed by atoms with Crippen molar-refractivity contribution in [3.63, 3.8) is 0 Å². The second-order valence-electron chi connectivity index (χ2n) is 9.21. The molecule has 2 aliphatic rings. The van der Waals surface area contributed by atoms with Crippen LogP contribution in [0.25, 0.3) is 0 Å². The Balaban J connectivity index is 1.26. The van der Waals surface area contributed by atoms with Crippen molar-refractivity contribution in [3.8, 4) is 23.0 Å². The molecule has 2 heterocycles. The van der Waals surface area contributed by atoms with E-state index in [2.05, 4.69) is 15.8 Å². The van der Waals surface area contributed by atoms with Crippen LogP contribution >= 0.6 is 12.2 Å². The van der Waals surface area contributed by atoms with Crippen molar-refractivity contribution in [3.05, 3.63) is 78.4 Å². The number of nitrogens with one attached hydrogen (secondary N) is 2. The van der Waals surface area contributed by atoms with E-state index in [1.54, 1.807) is 25.1 Å². The van der Waals surface area contributed by atoms with Crippen LogP contribution in [0.3, 0.4) is 0 Å². The zero-order valence-corrected chi connectivity index (χ0v) is 21.3. The van der Waals surface area contributed by atoms with Crippen LogP contribution in [0, 0.1) is 0 Å². The topological polar surface area (TPSA) is 95.4 Å². The maximum atomic E-state index is 11.8. The van der Waals surface area contributed by atoms with Crippen LogP contribution in [0.5, 0.6) is 23.0 Å². The van der Waals surface area contributed by atoms with E-state index >= 15 is 0 Å². The summed E-state index contributed by atoms with van der Waals surface area (Å²) in [5.41, 5.74) is 4.73. The number of hydrogen-bond acceptors (Lipinski definition) is 6. The van der Waals surface area contributed by atoms with E-state index < -0.39 is 5.60 Å². The number of carbonyl (C=O) groups excluding carboxylic acids is 1. The summed E-state index contributed by atoms with van der Waals surface area (Å²) >= 11 is 5.47. The Labute approximate surface area is 220 Å². The summed E-state index contributed by atoms with van der Waals surface area (Å²) in [5, 5.41) is 18.1. The van der Waals surface area contributed by atoms with Gasteiger partial charge in [-0.15, -0.1) is 0 Å². The van der Waals surface area contributed by atoms with Gasteiger partial charge in [0.25, 0.3) is 0 Å². The first-order chi connectivity index (χ1) is 17.9. The smallest absolute Gasteiger partial charge is 0.219 e. The lowest BCUT2D eigenvalue weighted by Gasteiger charge is -2.44. The Bertz CT molecular complexity index is 1320. The fraction of sp³-hybridized carbons (Fsp3) is 0.250. The highest BCUT2D eigenvalue weighted by Gasteiger charge is 2.42. The van der Waals surface area contributed by atoms with Gasteiger partial charge >= 0.3 is 0 Å². The molecule has 0 unspecified atom stereocenters. The van der Waals surface area contributed by atoms with Crippen molar-refractivity contribution in [2.75, 3.05) is 18.4 Å². The molecule has 3 aromatic rings. The van der Waals surface area contributed by atoms with Gasteiger partial charge in [0.1, 0.15) is 28.6 Å². The van der Waals surface area contributed by atoms with Crippen molar-refractivity contribution in [2.24, 2.45) is 5.10 Å². The minimum absolute atomic E-state index is 0.0719. The van der Waals surface area contributed by atoms with Gasteiger partial charge in [-0.3, -0.25) is 10.2 Å². The van der Waals surface area contributed by atoms with Crippen molar-refractivity contribution in [1.29, 1.82) is 0 Å².